The lowest BCUT2D eigenvalue weighted by molar-refractivity contribution is 0.256. The van der Waals surface area contributed by atoms with Crippen LogP contribution in [0, 0.1) is 5.92 Å². The van der Waals surface area contributed by atoms with E-state index < -0.39 is 0 Å². The van der Waals surface area contributed by atoms with Gasteiger partial charge in [-0.2, -0.15) is 0 Å². The fourth-order valence-corrected chi connectivity index (χ4v) is 1.63. The normalized spacial score (nSPS) is 10.8. The smallest absolute Gasteiger partial charge is 0.161 e. The molecule has 0 heterocycles. The number of aliphatic hydroxyl groups is 1. The summed E-state index contributed by atoms with van der Waals surface area (Å²) in [5, 5.41) is 12.0. The molecule has 1 aromatic rings. The SMILES string of the molecule is COc1cc(CNCCCO)ccc1OCC(C)C. The summed E-state index contributed by atoms with van der Waals surface area (Å²) >= 11 is 0. The second-order valence-electron chi connectivity index (χ2n) is 4.94. The molecule has 0 aromatic heterocycles. The number of hydrogen-bond donors (Lipinski definition) is 2. The van der Waals surface area contributed by atoms with E-state index in [9.17, 15) is 0 Å². The topological polar surface area (TPSA) is 50.7 Å². The fourth-order valence-electron chi connectivity index (χ4n) is 1.63. The van der Waals surface area contributed by atoms with Crippen molar-refractivity contribution in [3.63, 3.8) is 0 Å². The molecule has 0 aliphatic carbocycles. The van der Waals surface area contributed by atoms with Crippen LogP contribution in [0.4, 0.5) is 0 Å². The lowest BCUT2D eigenvalue weighted by Gasteiger charge is -2.13. The number of aliphatic hydroxyl groups excluding tert-OH is 1. The molecule has 0 unspecified atom stereocenters. The summed E-state index contributed by atoms with van der Waals surface area (Å²) in [6.07, 6.45) is 0.771. The maximum Gasteiger partial charge on any atom is 0.161 e. The Morgan fingerprint density at radius 2 is 2.05 bits per heavy atom. The van der Waals surface area contributed by atoms with Gasteiger partial charge in [0.2, 0.25) is 0 Å². The quantitative estimate of drug-likeness (QED) is 0.674. The number of nitrogens with one attached hydrogen (secondary N) is 1. The summed E-state index contributed by atoms with van der Waals surface area (Å²) in [5.41, 5.74) is 1.15. The number of rotatable bonds is 9. The molecule has 0 amide bonds. The molecule has 0 bridgehead atoms. The Morgan fingerprint density at radius 1 is 1.26 bits per heavy atom. The molecule has 0 atom stereocenters. The highest BCUT2D eigenvalue weighted by molar-refractivity contribution is 5.42. The Hall–Kier alpha value is -1.26. The predicted molar refractivity (Wildman–Crippen MR) is 76.7 cm³/mol. The minimum absolute atomic E-state index is 0.221. The summed E-state index contributed by atoms with van der Waals surface area (Å²) in [5.74, 6) is 2.04. The van der Waals surface area contributed by atoms with E-state index in [2.05, 4.69) is 19.2 Å². The first kappa shape index (κ1) is 15.8. The van der Waals surface area contributed by atoms with Gasteiger partial charge in [0.05, 0.1) is 13.7 Å². The molecule has 0 saturated heterocycles. The summed E-state index contributed by atoms with van der Waals surface area (Å²) in [6, 6.07) is 5.97. The van der Waals surface area contributed by atoms with Crippen LogP contribution in [0.3, 0.4) is 0 Å². The maximum atomic E-state index is 8.71. The number of benzene rings is 1. The van der Waals surface area contributed by atoms with Gasteiger partial charge in [-0.1, -0.05) is 19.9 Å². The minimum Gasteiger partial charge on any atom is -0.493 e. The van der Waals surface area contributed by atoms with Gasteiger partial charge in [-0.3, -0.25) is 0 Å². The van der Waals surface area contributed by atoms with Crippen molar-refractivity contribution in [1.82, 2.24) is 5.32 Å². The molecular weight excluding hydrogens is 242 g/mol. The fraction of sp³-hybridized carbons (Fsp3) is 0.600. The van der Waals surface area contributed by atoms with Gasteiger partial charge >= 0.3 is 0 Å². The van der Waals surface area contributed by atoms with Crippen LogP contribution in [0.25, 0.3) is 0 Å². The highest BCUT2D eigenvalue weighted by atomic mass is 16.5. The van der Waals surface area contributed by atoms with Gasteiger partial charge in [-0.15, -0.1) is 0 Å². The van der Waals surface area contributed by atoms with Gasteiger partial charge in [-0.05, 0) is 36.6 Å². The van der Waals surface area contributed by atoms with Crippen molar-refractivity contribution >= 4 is 0 Å². The molecule has 1 aromatic carbocycles. The first-order valence-corrected chi connectivity index (χ1v) is 6.78. The zero-order valence-electron chi connectivity index (χ0n) is 12.1. The van der Waals surface area contributed by atoms with E-state index >= 15 is 0 Å². The Morgan fingerprint density at radius 3 is 2.68 bits per heavy atom. The number of methoxy groups -OCH3 is 1. The molecule has 0 aliphatic heterocycles. The zero-order chi connectivity index (χ0) is 14.1. The van der Waals surface area contributed by atoms with Crippen molar-refractivity contribution in [2.75, 3.05) is 26.9 Å². The molecule has 4 heteroatoms. The standard InChI is InChI=1S/C15H25NO3/c1-12(2)11-19-14-6-5-13(9-15(14)18-3)10-16-7-4-8-17/h5-6,9,12,16-17H,4,7-8,10-11H2,1-3H3. The molecule has 0 radical (unpaired) electrons. The third-order valence-corrected chi connectivity index (χ3v) is 2.64. The first-order valence-electron chi connectivity index (χ1n) is 6.78. The predicted octanol–water partition coefficient (Wildman–Crippen LogP) is 2.20. The zero-order valence-corrected chi connectivity index (χ0v) is 12.1. The largest absolute Gasteiger partial charge is 0.493 e. The van der Waals surface area contributed by atoms with Crippen LogP contribution in [-0.2, 0) is 6.54 Å². The van der Waals surface area contributed by atoms with E-state index in [0.29, 0.717) is 12.5 Å². The number of hydrogen-bond acceptors (Lipinski definition) is 4. The third-order valence-electron chi connectivity index (χ3n) is 2.64. The van der Waals surface area contributed by atoms with Gasteiger partial charge < -0.3 is 19.9 Å². The Balaban J connectivity index is 2.56. The lowest BCUT2D eigenvalue weighted by Crippen LogP contribution is -2.15. The van der Waals surface area contributed by atoms with Crippen LogP contribution in [0.15, 0.2) is 18.2 Å². The second-order valence-corrected chi connectivity index (χ2v) is 4.94. The van der Waals surface area contributed by atoms with E-state index in [1.165, 1.54) is 0 Å². The van der Waals surface area contributed by atoms with Crippen LogP contribution >= 0.6 is 0 Å². The molecule has 1 rings (SSSR count). The first-order chi connectivity index (χ1) is 9.17. The van der Waals surface area contributed by atoms with Crippen LogP contribution < -0.4 is 14.8 Å². The van der Waals surface area contributed by atoms with E-state index in [1.54, 1.807) is 7.11 Å². The highest BCUT2D eigenvalue weighted by Gasteiger charge is 2.06. The van der Waals surface area contributed by atoms with Gasteiger partial charge in [0.15, 0.2) is 11.5 Å². The van der Waals surface area contributed by atoms with Crippen molar-refractivity contribution in [3.8, 4) is 11.5 Å². The molecular formula is C15H25NO3. The molecule has 2 N–H and O–H groups in total. The van der Waals surface area contributed by atoms with E-state index in [4.69, 9.17) is 14.6 Å². The van der Waals surface area contributed by atoms with Gasteiger partial charge in [0.25, 0.3) is 0 Å². The van der Waals surface area contributed by atoms with Crippen molar-refractivity contribution < 1.29 is 14.6 Å². The lowest BCUT2D eigenvalue weighted by atomic mass is 10.2. The average molecular weight is 267 g/mol. The van der Waals surface area contributed by atoms with Gasteiger partial charge in [0, 0.05) is 13.2 Å². The Kier molecular flexibility index (Phi) is 7.30. The van der Waals surface area contributed by atoms with E-state index in [-0.39, 0.29) is 6.61 Å². The summed E-state index contributed by atoms with van der Waals surface area (Å²) in [4.78, 5) is 0. The maximum absolute atomic E-state index is 8.71. The van der Waals surface area contributed by atoms with Crippen molar-refractivity contribution in [3.05, 3.63) is 23.8 Å². The van der Waals surface area contributed by atoms with Gasteiger partial charge in [0.1, 0.15) is 0 Å². The Bertz CT molecular complexity index is 366. The molecule has 0 fully saturated rings. The molecule has 0 aliphatic rings. The number of ether oxygens (including phenoxy) is 2. The average Bonchev–Trinajstić information content (AvgIpc) is 2.41. The minimum atomic E-state index is 0.221. The molecule has 4 nitrogen and oxygen atoms in total. The molecule has 108 valence electrons. The van der Waals surface area contributed by atoms with Crippen LogP contribution in [0.2, 0.25) is 0 Å². The van der Waals surface area contributed by atoms with Crippen molar-refractivity contribution in [2.45, 2.75) is 26.8 Å². The van der Waals surface area contributed by atoms with Crippen molar-refractivity contribution in [1.29, 1.82) is 0 Å². The van der Waals surface area contributed by atoms with E-state index in [1.807, 2.05) is 18.2 Å². The summed E-state index contributed by atoms with van der Waals surface area (Å²) in [6.45, 7) is 6.71. The monoisotopic (exact) mass is 267 g/mol. The van der Waals surface area contributed by atoms with Crippen LogP contribution in [0.1, 0.15) is 25.8 Å². The van der Waals surface area contributed by atoms with Crippen LogP contribution in [0.5, 0.6) is 11.5 Å². The molecule has 0 saturated carbocycles. The highest BCUT2D eigenvalue weighted by Crippen LogP contribution is 2.28. The van der Waals surface area contributed by atoms with Crippen LogP contribution in [-0.4, -0.2) is 32.0 Å². The molecule has 19 heavy (non-hydrogen) atoms. The summed E-state index contributed by atoms with van der Waals surface area (Å²) < 4.78 is 11.1. The van der Waals surface area contributed by atoms with E-state index in [0.717, 1.165) is 36.6 Å². The second kappa shape index (κ2) is 8.77. The van der Waals surface area contributed by atoms with Gasteiger partial charge in [-0.25, -0.2) is 0 Å². The van der Waals surface area contributed by atoms with Crippen molar-refractivity contribution in [2.24, 2.45) is 5.92 Å². The summed E-state index contributed by atoms with van der Waals surface area (Å²) in [7, 11) is 1.65. The Labute approximate surface area is 115 Å². The third kappa shape index (κ3) is 5.94. The molecule has 0 spiro atoms.